The third-order valence-electron chi connectivity index (χ3n) is 3.74. The van der Waals surface area contributed by atoms with Gasteiger partial charge in [0.2, 0.25) is 0 Å². The molecule has 0 saturated heterocycles. The van der Waals surface area contributed by atoms with E-state index in [4.69, 9.17) is 0 Å². The molecule has 0 aliphatic carbocycles. The van der Waals surface area contributed by atoms with E-state index < -0.39 is 21.4 Å². The second-order valence-electron chi connectivity index (χ2n) is 5.53. The molecule has 0 aliphatic rings. The van der Waals surface area contributed by atoms with Crippen LogP contribution in [0.4, 0.5) is 13.2 Å². The molecule has 0 radical (unpaired) electrons. The Bertz CT molecular complexity index is 1050. The molecule has 3 rings (SSSR count). The molecule has 0 atom stereocenters. The Morgan fingerprint density at radius 3 is 2.27 bits per heavy atom. The Labute approximate surface area is 147 Å². The Kier molecular flexibility index (Phi) is 4.64. The average molecular weight is 382 g/mol. The Morgan fingerprint density at radius 1 is 0.962 bits per heavy atom. The van der Waals surface area contributed by atoms with Crippen LogP contribution in [0.1, 0.15) is 5.56 Å². The minimum absolute atomic E-state index is 0.276. The SMILES string of the molecule is O=S(=O)(Oc1ccc2c(-c3ccccc3)cc(CO)cc2c1)C(F)(F)F. The number of alkyl halides is 3. The predicted molar refractivity (Wildman–Crippen MR) is 90.9 cm³/mol. The van der Waals surface area contributed by atoms with Crippen molar-refractivity contribution < 1.29 is 30.9 Å². The first-order valence-electron chi connectivity index (χ1n) is 7.45. The normalized spacial score (nSPS) is 12.3. The summed E-state index contributed by atoms with van der Waals surface area (Å²) in [6.07, 6.45) is 0. The summed E-state index contributed by atoms with van der Waals surface area (Å²) in [5.74, 6) is -0.455. The highest BCUT2D eigenvalue weighted by Crippen LogP contribution is 2.34. The first kappa shape index (κ1) is 18.2. The highest BCUT2D eigenvalue weighted by atomic mass is 32.2. The molecule has 0 spiro atoms. The van der Waals surface area contributed by atoms with Crippen molar-refractivity contribution >= 4 is 20.9 Å². The minimum Gasteiger partial charge on any atom is -0.392 e. The molecule has 0 bridgehead atoms. The lowest BCUT2D eigenvalue weighted by Crippen LogP contribution is -2.28. The first-order valence-corrected chi connectivity index (χ1v) is 8.86. The van der Waals surface area contributed by atoms with E-state index in [9.17, 15) is 26.7 Å². The van der Waals surface area contributed by atoms with E-state index >= 15 is 0 Å². The summed E-state index contributed by atoms with van der Waals surface area (Å²) in [4.78, 5) is 0. The second kappa shape index (κ2) is 6.62. The van der Waals surface area contributed by atoms with E-state index in [1.807, 2.05) is 30.3 Å². The van der Waals surface area contributed by atoms with E-state index in [2.05, 4.69) is 4.18 Å². The van der Waals surface area contributed by atoms with Gasteiger partial charge in [0.1, 0.15) is 5.75 Å². The number of hydrogen-bond acceptors (Lipinski definition) is 4. The monoisotopic (exact) mass is 382 g/mol. The van der Waals surface area contributed by atoms with Gasteiger partial charge in [0, 0.05) is 0 Å². The van der Waals surface area contributed by atoms with E-state index in [-0.39, 0.29) is 6.61 Å². The summed E-state index contributed by atoms with van der Waals surface area (Å²) in [5.41, 5.74) is -3.36. The molecule has 4 nitrogen and oxygen atoms in total. The van der Waals surface area contributed by atoms with Crippen molar-refractivity contribution in [3.63, 3.8) is 0 Å². The molecule has 1 N–H and O–H groups in total. The van der Waals surface area contributed by atoms with Crippen LogP contribution in [0.25, 0.3) is 21.9 Å². The summed E-state index contributed by atoms with van der Waals surface area (Å²) >= 11 is 0. The number of fused-ring (bicyclic) bond motifs is 1. The van der Waals surface area contributed by atoms with E-state index in [0.29, 0.717) is 16.3 Å². The zero-order valence-electron chi connectivity index (χ0n) is 13.2. The number of aliphatic hydroxyl groups excluding tert-OH is 1. The van der Waals surface area contributed by atoms with Gasteiger partial charge in [-0.05, 0) is 51.7 Å². The number of halogens is 3. The van der Waals surface area contributed by atoms with Gasteiger partial charge in [-0.25, -0.2) is 0 Å². The molecule has 0 heterocycles. The Hall–Kier alpha value is -2.58. The van der Waals surface area contributed by atoms with Crippen molar-refractivity contribution in [1.82, 2.24) is 0 Å². The van der Waals surface area contributed by atoms with Gasteiger partial charge in [-0.1, -0.05) is 36.4 Å². The molecule has 136 valence electrons. The smallest absolute Gasteiger partial charge is 0.392 e. The fraction of sp³-hybridized carbons (Fsp3) is 0.111. The van der Waals surface area contributed by atoms with Gasteiger partial charge in [0.05, 0.1) is 6.61 Å². The van der Waals surface area contributed by atoms with Crippen molar-refractivity contribution in [2.75, 3.05) is 0 Å². The van der Waals surface area contributed by atoms with E-state index in [1.54, 1.807) is 12.1 Å². The van der Waals surface area contributed by atoms with Crippen LogP contribution in [0, 0.1) is 0 Å². The van der Waals surface area contributed by atoms with Crippen molar-refractivity contribution in [2.24, 2.45) is 0 Å². The molecule has 0 unspecified atom stereocenters. The van der Waals surface area contributed by atoms with Crippen LogP contribution in [0.5, 0.6) is 5.75 Å². The summed E-state index contributed by atoms with van der Waals surface area (Å²) in [7, 11) is -5.75. The van der Waals surface area contributed by atoms with Crippen molar-refractivity contribution in [1.29, 1.82) is 0 Å². The zero-order chi connectivity index (χ0) is 18.9. The minimum atomic E-state index is -5.75. The van der Waals surface area contributed by atoms with Gasteiger partial charge < -0.3 is 9.29 Å². The van der Waals surface area contributed by atoms with Crippen molar-refractivity contribution in [3.05, 3.63) is 66.2 Å². The van der Waals surface area contributed by atoms with Crippen molar-refractivity contribution in [3.8, 4) is 16.9 Å². The number of benzene rings is 3. The van der Waals surface area contributed by atoms with E-state index in [1.165, 1.54) is 12.1 Å². The number of rotatable bonds is 4. The lowest BCUT2D eigenvalue weighted by molar-refractivity contribution is -0.0500. The maximum absolute atomic E-state index is 12.5. The first-order chi connectivity index (χ1) is 12.2. The highest BCUT2D eigenvalue weighted by molar-refractivity contribution is 7.88. The maximum Gasteiger partial charge on any atom is 0.534 e. The lowest BCUT2D eigenvalue weighted by atomic mass is 9.95. The second-order valence-corrected chi connectivity index (χ2v) is 7.07. The van der Waals surface area contributed by atoms with Crippen molar-refractivity contribution in [2.45, 2.75) is 12.1 Å². The molecule has 3 aromatic rings. The molecular weight excluding hydrogens is 369 g/mol. The fourth-order valence-corrected chi connectivity index (χ4v) is 3.04. The third-order valence-corrected chi connectivity index (χ3v) is 4.72. The lowest BCUT2D eigenvalue weighted by Gasteiger charge is -2.13. The summed E-state index contributed by atoms with van der Waals surface area (Å²) in [6.45, 7) is -0.276. The molecule has 3 aromatic carbocycles. The fourth-order valence-electron chi connectivity index (χ4n) is 2.58. The standard InChI is InChI=1S/C18H13F3O4S/c19-18(20,21)26(23,24)25-15-6-7-16-14(10-15)8-12(11-22)9-17(16)13-4-2-1-3-5-13/h1-10,22H,11H2. The molecule has 0 aliphatic heterocycles. The van der Waals surface area contributed by atoms with Crippen LogP contribution >= 0.6 is 0 Å². The van der Waals surface area contributed by atoms with Crippen LogP contribution in [0.2, 0.25) is 0 Å². The summed E-state index contributed by atoms with van der Waals surface area (Å²) < 4.78 is 64.0. The molecule has 0 saturated carbocycles. The Balaban J connectivity index is 2.14. The largest absolute Gasteiger partial charge is 0.534 e. The topological polar surface area (TPSA) is 63.6 Å². The van der Waals surface area contributed by atoms with Crippen LogP contribution in [0.3, 0.4) is 0 Å². The summed E-state index contributed by atoms with van der Waals surface area (Å²) in [5, 5.41) is 10.6. The maximum atomic E-state index is 12.5. The molecular formula is C18H13F3O4S. The molecule has 0 aromatic heterocycles. The predicted octanol–water partition coefficient (Wildman–Crippen LogP) is 4.23. The number of hydrogen-bond donors (Lipinski definition) is 1. The van der Waals surface area contributed by atoms with Crippen LogP contribution in [-0.2, 0) is 16.7 Å². The van der Waals surface area contributed by atoms with E-state index in [0.717, 1.165) is 17.2 Å². The summed E-state index contributed by atoms with van der Waals surface area (Å²) in [6, 6.07) is 16.4. The quantitative estimate of drug-likeness (QED) is 0.542. The van der Waals surface area contributed by atoms with Gasteiger partial charge in [-0.3, -0.25) is 0 Å². The highest BCUT2D eigenvalue weighted by Gasteiger charge is 2.48. The van der Waals surface area contributed by atoms with Crippen LogP contribution in [-0.4, -0.2) is 19.0 Å². The van der Waals surface area contributed by atoms with Gasteiger partial charge >= 0.3 is 15.6 Å². The van der Waals surface area contributed by atoms with Gasteiger partial charge in [-0.2, -0.15) is 21.6 Å². The zero-order valence-corrected chi connectivity index (χ0v) is 14.0. The number of aliphatic hydroxyl groups is 1. The van der Waals surface area contributed by atoms with Gasteiger partial charge in [0.15, 0.2) is 0 Å². The van der Waals surface area contributed by atoms with Crippen LogP contribution < -0.4 is 4.18 Å². The molecule has 0 amide bonds. The van der Waals surface area contributed by atoms with Gasteiger partial charge in [-0.15, -0.1) is 0 Å². The molecule has 26 heavy (non-hydrogen) atoms. The third kappa shape index (κ3) is 3.51. The molecule has 8 heteroatoms. The van der Waals surface area contributed by atoms with Crippen LogP contribution in [0.15, 0.2) is 60.7 Å². The molecule has 0 fully saturated rings. The Morgan fingerprint density at radius 2 is 1.65 bits per heavy atom. The van der Waals surface area contributed by atoms with Gasteiger partial charge in [0.25, 0.3) is 0 Å². The average Bonchev–Trinajstić information content (AvgIpc) is 2.60.